The van der Waals surface area contributed by atoms with Gasteiger partial charge in [-0.25, -0.2) is 0 Å². The lowest BCUT2D eigenvalue weighted by Gasteiger charge is -2.12. The van der Waals surface area contributed by atoms with Gasteiger partial charge in [0, 0.05) is 30.1 Å². The molecule has 2 aromatic heterocycles. The summed E-state index contributed by atoms with van der Waals surface area (Å²) >= 11 is 0. The number of hydrogen-bond acceptors (Lipinski definition) is 3. The van der Waals surface area contributed by atoms with E-state index in [1.165, 1.54) is 33.2 Å². The van der Waals surface area contributed by atoms with Gasteiger partial charge in [0.05, 0.1) is 0 Å². The number of H-pyrrole nitrogens is 1. The third-order valence-electron chi connectivity index (χ3n) is 5.05. The predicted octanol–water partition coefficient (Wildman–Crippen LogP) is 4.46. The number of benzene rings is 3. The molecule has 5 heteroatoms. The monoisotopic (exact) mass is 365 g/mol. The van der Waals surface area contributed by atoms with E-state index in [-0.39, 0.29) is 0 Å². The van der Waals surface area contributed by atoms with Gasteiger partial charge in [0.25, 0.3) is 0 Å². The van der Waals surface area contributed by atoms with Gasteiger partial charge in [-0.05, 0) is 28.3 Å². The number of fused-ring (bicyclic) bond motifs is 1. The molecular weight excluding hydrogens is 346 g/mol. The molecule has 1 N–H and O–H groups in total. The van der Waals surface area contributed by atoms with Crippen molar-refractivity contribution in [3.63, 3.8) is 0 Å². The molecule has 0 atom stereocenters. The SMILES string of the molecule is c1ccc(-c2ccccc2Cn2cc(Cc3nn[nH]n3)c3ccccc32)cc1. The topological polar surface area (TPSA) is 59.4 Å². The molecule has 0 saturated heterocycles. The number of nitrogens with zero attached hydrogens (tertiary/aromatic N) is 4. The Morgan fingerprint density at radius 2 is 1.57 bits per heavy atom. The second kappa shape index (κ2) is 7.12. The molecule has 0 unspecified atom stereocenters. The third kappa shape index (κ3) is 3.07. The zero-order valence-corrected chi connectivity index (χ0v) is 15.3. The van der Waals surface area contributed by atoms with Crippen LogP contribution in [0.1, 0.15) is 17.0 Å². The van der Waals surface area contributed by atoms with Gasteiger partial charge in [0.1, 0.15) is 0 Å². The lowest BCUT2D eigenvalue weighted by atomic mass is 10.00. The van der Waals surface area contributed by atoms with Crippen molar-refractivity contribution < 1.29 is 0 Å². The standard InChI is InChI=1S/C23H19N5/c1-2-8-17(9-3-1)20-11-5-4-10-18(20)15-28-16-19(14-23-24-26-27-25-23)21-12-6-7-13-22(21)28/h1-13,16H,14-15H2,(H,24,25,26,27). The Hall–Kier alpha value is -3.73. The van der Waals surface area contributed by atoms with Crippen LogP contribution < -0.4 is 0 Å². The highest BCUT2D eigenvalue weighted by molar-refractivity contribution is 5.84. The molecule has 0 bridgehead atoms. The summed E-state index contributed by atoms with van der Waals surface area (Å²) in [7, 11) is 0. The maximum Gasteiger partial charge on any atom is 0.178 e. The number of para-hydroxylation sites is 1. The number of hydrogen-bond donors (Lipinski definition) is 1. The number of nitrogens with one attached hydrogen (secondary N) is 1. The average Bonchev–Trinajstić information content (AvgIpc) is 3.38. The summed E-state index contributed by atoms with van der Waals surface area (Å²) in [6.45, 7) is 0.803. The first-order valence-corrected chi connectivity index (χ1v) is 9.31. The Kier molecular flexibility index (Phi) is 4.18. The fourth-order valence-corrected chi connectivity index (χ4v) is 3.76. The second-order valence-corrected chi connectivity index (χ2v) is 6.83. The van der Waals surface area contributed by atoms with Crippen LogP contribution in [0.3, 0.4) is 0 Å². The van der Waals surface area contributed by atoms with Crippen LogP contribution in [0.4, 0.5) is 0 Å². The molecule has 0 saturated carbocycles. The van der Waals surface area contributed by atoms with Gasteiger partial charge < -0.3 is 4.57 Å². The smallest absolute Gasteiger partial charge is 0.178 e. The van der Waals surface area contributed by atoms with Gasteiger partial charge in [-0.1, -0.05) is 78.0 Å². The number of aromatic amines is 1. The van der Waals surface area contributed by atoms with Crippen LogP contribution in [0.25, 0.3) is 22.0 Å². The van der Waals surface area contributed by atoms with Crippen LogP contribution in [0.5, 0.6) is 0 Å². The van der Waals surface area contributed by atoms with Crippen LogP contribution >= 0.6 is 0 Å². The Morgan fingerprint density at radius 3 is 2.43 bits per heavy atom. The Bertz CT molecular complexity index is 1210. The summed E-state index contributed by atoms with van der Waals surface area (Å²) < 4.78 is 2.31. The lowest BCUT2D eigenvalue weighted by Crippen LogP contribution is -2.00. The third-order valence-corrected chi connectivity index (χ3v) is 5.05. The fraction of sp³-hybridized carbons (Fsp3) is 0.0870. The normalized spacial score (nSPS) is 11.1. The van der Waals surface area contributed by atoms with Gasteiger partial charge >= 0.3 is 0 Å². The van der Waals surface area contributed by atoms with Crippen molar-refractivity contribution in [2.45, 2.75) is 13.0 Å². The molecule has 136 valence electrons. The van der Waals surface area contributed by atoms with Gasteiger partial charge in [0.2, 0.25) is 0 Å². The van der Waals surface area contributed by atoms with Gasteiger partial charge in [-0.15, -0.1) is 10.2 Å². The van der Waals surface area contributed by atoms with Crippen molar-refractivity contribution in [1.29, 1.82) is 0 Å². The molecule has 2 heterocycles. The van der Waals surface area contributed by atoms with Crippen molar-refractivity contribution >= 4 is 10.9 Å². The second-order valence-electron chi connectivity index (χ2n) is 6.83. The van der Waals surface area contributed by atoms with Crippen LogP contribution in [0.2, 0.25) is 0 Å². The molecule has 0 spiro atoms. The van der Waals surface area contributed by atoms with Crippen molar-refractivity contribution in [3.05, 3.63) is 102 Å². The summed E-state index contributed by atoms with van der Waals surface area (Å²) in [5, 5.41) is 15.7. The maximum atomic E-state index is 4.11. The highest BCUT2D eigenvalue weighted by Crippen LogP contribution is 2.28. The summed E-state index contributed by atoms with van der Waals surface area (Å²) in [5.74, 6) is 0.701. The first kappa shape index (κ1) is 16.4. The Labute approximate surface area is 162 Å². The molecule has 5 nitrogen and oxygen atoms in total. The van der Waals surface area contributed by atoms with E-state index >= 15 is 0 Å². The highest BCUT2D eigenvalue weighted by Gasteiger charge is 2.12. The van der Waals surface area contributed by atoms with Gasteiger partial charge in [-0.2, -0.15) is 5.21 Å². The summed E-state index contributed by atoms with van der Waals surface area (Å²) in [6, 6.07) is 27.6. The minimum Gasteiger partial charge on any atom is -0.343 e. The van der Waals surface area contributed by atoms with Gasteiger partial charge in [0.15, 0.2) is 5.82 Å². The Morgan fingerprint density at radius 1 is 0.786 bits per heavy atom. The quantitative estimate of drug-likeness (QED) is 0.500. The van der Waals surface area contributed by atoms with E-state index < -0.39 is 0 Å². The van der Waals surface area contributed by atoms with Crippen molar-refractivity contribution in [3.8, 4) is 11.1 Å². The highest BCUT2D eigenvalue weighted by atomic mass is 15.5. The van der Waals surface area contributed by atoms with Crippen molar-refractivity contribution in [1.82, 2.24) is 25.2 Å². The van der Waals surface area contributed by atoms with E-state index in [0.717, 1.165) is 6.54 Å². The summed E-state index contributed by atoms with van der Waals surface area (Å²) in [5.41, 5.74) is 6.21. The van der Waals surface area contributed by atoms with Crippen LogP contribution in [0, 0.1) is 0 Å². The zero-order chi connectivity index (χ0) is 18.8. The van der Waals surface area contributed by atoms with E-state index in [0.29, 0.717) is 12.2 Å². The Balaban J connectivity index is 1.57. The van der Waals surface area contributed by atoms with E-state index in [1.807, 2.05) is 0 Å². The first-order chi connectivity index (χ1) is 13.9. The molecule has 0 aliphatic rings. The molecule has 0 amide bonds. The van der Waals surface area contributed by atoms with Crippen LogP contribution in [0.15, 0.2) is 85.1 Å². The molecule has 5 rings (SSSR count). The largest absolute Gasteiger partial charge is 0.343 e. The van der Waals surface area contributed by atoms with E-state index in [4.69, 9.17) is 0 Å². The first-order valence-electron chi connectivity index (χ1n) is 9.31. The van der Waals surface area contributed by atoms with E-state index in [2.05, 4.69) is 110 Å². The van der Waals surface area contributed by atoms with Crippen LogP contribution in [-0.2, 0) is 13.0 Å². The minimum absolute atomic E-state index is 0.657. The molecular formula is C23H19N5. The molecule has 28 heavy (non-hydrogen) atoms. The number of tetrazole rings is 1. The molecule has 0 radical (unpaired) electrons. The molecule has 0 fully saturated rings. The molecule has 0 aliphatic carbocycles. The summed E-state index contributed by atoms with van der Waals surface area (Å²) in [6.07, 6.45) is 2.87. The molecule has 0 aliphatic heterocycles. The van der Waals surface area contributed by atoms with Crippen molar-refractivity contribution in [2.75, 3.05) is 0 Å². The minimum atomic E-state index is 0.657. The predicted molar refractivity (Wildman–Crippen MR) is 110 cm³/mol. The van der Waals surface area contributed by atoms with Crippen molar-refractivity contribution in [2.24, 2.45) is 0 Å². The number of aromatic nitrogens is 5. The maximum absolute atomic E-state index is 4.11. The molecule has 5 aromatic rings. The molecule has 3 aromatic carbocycles. The average molecular weight is 365 g/mol. The van der Waals surface area contributed by atoms with Crippen LogP contribution in [-0.4, -0.2) is 25.2 Å². The van der Waals surface area contributed by atoms with E-state index in [9.17, 15) is 0 Å². The fourth-order valence-electron chi connectivity index (χ4n) is 3.76. The van der Waals surface area contributed by atoms with Gasteiger partial charge in [-0.3, -0.25) is 0 Å². The van der Waals surface area contributed by atoms with E-state index in [1.54, 1.807) is 0 Å². The zero-order valence-electron chi connectivity index (χ0n) is 15.3. The summed E-state index contributed by atoms with van der Waals surface area (Å²) in [4.78, 5) is 0. The number of rotatable bonds is 5. The lowest BCUT2D eigenvalue weighted by molar-refractivity contribution is 0.831.